The third-order valence-electron chi connectivity index (χ3n) is 5.63. The normalized spacial score (nSPS) is 16.3. The standard InChI is InChI=1S/C24H33ClN4O2/c1-27(2)22(20-8-4-3-5-9-20)18-26-24(30)19-29-14-12-28(13-15-29)16-17-31-23-11-7-6-10-21(23)25/h3-11,22H,12-19H2,1-2H3,(H,26,30). The first-order valence-corrected chi connectivity index (χ1v) is 11.2. The lowest BCUT2D eigenvalue weighted by atomic mass is 10.1. The first-order valence-electron chi connectivity index (χ1n) is 10.8. The second-order valence-electron chi connectivity index (χ2n) is 8.09. The van der Waals surface area contributed by atoms with Crippen LogP contribution in [0.3, 0.4) is 0 Å². The van der Waals surface area contributed by atoms with Crippen molar-refractivity contribution in [1.82, 2.24) is 20.0 Å². The fourth-order valence-electron chi connectivity index (χ4n) is 3.76. The summed E-state index contributed by atoms with van der Waals surface area (Å²) in [5, 5.41) is 3.75. The number of ether oxygens (including phenoxy) is 1. The van der Waals surface area contributed by atoms with Gasteiger partial charge in [0, 0.05) is 39.3 Å². The monoisotopic (exact) mass is 444 g/mol. The Bertz CT molecular complexity index is 810. The van der Waals surface area contributed by atoms with E-state index in [2.05, 4.69) is 32.1 Å². The van der Waals surface area contributed by atoms with Crippen molar-refractivity contribution in [3.8, 4) is 5.75 Å². The van der Waals surface area contributed by atoms with E-state index < -0.39 is 0 Å². The number of likely N-dealkylation sites (N-methyl/N-ethyl adjacent to an activating group) is 1. The largest absolute Gasteiger partial charge is 0.491 e. The minimum absolute atomic E-state index is 0.0817. The second kappa shape index (κ2) is 12.1. The third kappa shape index (κ3) is 7.51. The Balaban J connectivity index is 1.34. The Morgan fingerprint density at radius 1 is 1.03 bits per heavy atom. The number of rotatable bonds is 10. The fraction of sp³-hybridized carbons (Fsp3) is 0.458. The quantitative estimate of drug-likeness (QED) is 0.610. The van der Waals surface area contributed by atoms with Crippen LogP contribution in [-0.4, -0.2) is 87.1 Å². The van der Waals surface area contributed by atoms with Crippen molar-refractivity contribution in [3.63, 3.8) is 0 Å². The maximum atomic E-state index is 12.5. The van der Waals surface area contributed by atoms with Crippen LogP contribution < -0.4 is 10.1 Å². The van der Waals surface area contributed by atoms with Crippen molar-refractivity contribution >= 4 is 17.5 Å². The number of para-hydroxylation sites is 1. The molecular weight excluding hydrogens is 412 g/mol. The molecule has 6 nitrogen and oxygen atoms in total. The number of carbonyl (C=O) groups excluding carboxylic acids is 1. The molecule has 2 aromatic carbocycles. The van der Waals surface area contributed by atoms with E-state index in [0.29, 0.717) is 24.7 Å². The van der Waals surface area contributed by atoms with Crippen LogP contribution in [0.5, 0.6) is 5.75 Å². The molecule has 1 saturated heterocycles. The van der Waals surface area contributed by atoms with Gasteiger partial charge in [-0.05, 0) is 31.8 Å². The van der Waals surface area contributed by atoms with Crippen LogP contribution in [-0.2, 0) is 4.79 Å². The zero-order valence-electron chi connectivity index (χ0n) is 18.5. The molecular formula is C24H33ClN4O2. The Kier molecular flexibility index (Phi) is 9.15. The number of hydrogen-bond donors (Lipinski definition) is 1. The SMILES string of the molecule is CN(C)C(CNC(=O)CN1CCN(CCOc2ccccc2Cl)CC1)c1ccccc1. The average molecular weight is 445 g/mol. The summed E-state index contributed by atoms with van der Waals surface area (Å²) in [5.41, 5.74) is 1.21. The molecule has 1 fully saturated rings. The number of benzene rings is 2. The van der Waals surface area contributed by atoms with Crippen LogP contribution in [0.2, 0.25) is 5.02 Å². The minimum Gasteiger partial charge on any atom is -0.491 e. The van der Waals surface area contributed by atoms with Crippen molar-refractivity contribution < 1.29 is 9.53 Å². The van der Waals surface area contributed by atoms with E-state index in [1.54, 1.807) is 0 Å². The number of carbonyl (C=O) groups is 1. The minimum atomic E-state index is 0.0817. The summed E-state index contributed by atoms with van der Waals surface area (Å²) < 4.78 is 5.79. The van der Waals surface area contributed by atoms with Gasteiger partial charge in [-0.25, -0.2) is 0 Å². The average Bonchev–Trinajstić information content (AvgIpc) is 2.77. The van der Waals surface area contributed by atoms with Crippen LogP contribution >= 0.6 is 11.6 Å². The molecule has 7 heteroatoms. The molecule has 168 valence electrons. The zero-order chi connectivity index (χ0) is 22.1. The van der Waals surface area contributed by atoms with Gasteiger partial charge >= 0.3 is 0 Å². The smallest absolute Gasteiger partial charge is 0.234 e. The second-order valence-corrected chi connectivity index (χ2v) is 8.50. The first kappa shape index (κ1) is 23.5. The highest BCUT2D eigenvalue weighted by molar-refractivity contribution is 6.32. The fourth-order valence-corrected chi connectivity index (χ4v) is 3.95. The molecule has 0 spiro atoms. The Hall–Kier alpha value is -2.12. The van der Waals surface area contributed by atoms with E-state index in [-0.39, 0.29) is 11.9 Å². The summed E-state index contributed by atoms with van der Waals surface area (Å²) in [4.78, 5) is 19.2. The zero-order valence-corrected chi connectivity index (χ0v) is 19.2. The molecule has 1 aliphatic rings. The Morgan fingerprint density at radius 2 is 1.68 bits per heavy atom. The van der Waals surface area contributed by atoms with Gasteiger partial charge in [-0.1, -0.05) is 54.1 Å². The van der Waals surface area contributed by atoms with Crippen molar-refractivity contribution in [3.05, 3.63) is 65.2 Å². The number of amides is 1. The molecule has 3 rings (SSSR count). The highest BCUT2D eigenvalue weighted by atomic mass is 35.5. The lowest BCUT2D eigenvalue weighted by molar-refractivity contribution is -0.122. The summed E-state index contributed by atoms with van der Waals surface area (Å²) in [6.45, 7) is 6.15. The van der Waals surface area contributed by atoms with E-state index >= 15 is 0 Å². The van der Waals surface area contributed by atoms with E-state index in [4.69, 9.17) is 16.3 Å². The van der Waals surface area contributed by atoms with Crippen molar-refractivity contribution in [2.75, 3.05) is 66.5 Å². The van der Waals surface area contributed by atoms with Crippen molar-refractivity contribution in [1.29, 1.82) is 0 Å². The van der Waals surface area contributed by atoms with Gasteiger partial charge in [-0.2, -0.15) is 0 Å². The molecule has 0 radical (unpaired) electrons. The summed E-state index contributed by atoms with van der Waals surface area (Å²) in [6, 6.07) is 18.0. The third-order valence-corrected chi connectivity index (χ3v) is 5.95. The summed E-state index contributed by atoms with van der Waals surface area (Å²) in [5.74, 6) is 0.810. The molecule has 1 unspecified atom stereocenters. The summed E-state index contributed by atoms with van der Waals surface area (Å²) >= 11 is 6.12. The molecule has 1 N–H and O–H groups in total. The molecule has 1 atom stereocenters. The Labute approximate surface area is 190 Å². The first-order chi connectivity index (χ1) is 15.0. The highest BCUT2D eigenvalue weighted by Gasteiger charge is 2.20. The van der Waals surface area contributed by atoms with Crippen LogP contribution in [0.1, 0.15) is 11.6 Å². The lowest BCUT2D eigenvalue weighted by Crippen LogP contribution is -2.50. The van der Waals surface area contributed by atoms with Gasteiger partial charge in [0.25, 0.3) is 0 Å². The number of nitrogens with zero attached hydrogens (tertiary/aromatic N) is 3. The van der Waals surface area contributed by atoms with Gasteiger partial charge < -0.3 is 15.0 Å². The van der Waals surface area contributed by atoms with Crippen LogP contribution in [0, 0.1) is 0 Å². The molecule has 0 bridgehead atoms. The molecule has 0 aromatic heterocycles. The number of piperazine rings is 1. The van der Waals surface area contributed by atoms with Crippen molar-refractivity contribution in [2.45, 2.75) is 6.04 Å². The molecule has 2 aromatic rings. The summed E-state index contributed by atoms with van der Waals surface area (Å²) in [7, 11) is 4.08. The van der Waals surface area contributed by atoms with Gasteiger partial charge in [-0.3, -0.25) is 14.6 Å². The predicted octanol–water partition coefficient (Wildman–Crippen LogP) is 2.76. The topological polar surface area (TPSA) is 48.1 Å². The Morgan fingerprint density at radius 3 is 2.35 bits per heavy atom. The maximum absolute atomic E-state index is 12.5. The van der Waals surface area contributed by atoms with Gasteiger partial charge in [0.05, 0.1) is 17.6 Å². The number of hydrogen-bond acceptors (Lipinski definition) is 5. The van der Waals surface area contributed by atoms with Crippen LogP contribution in [0.15, 0.2) is 54.6 Å². The number of nitrogens with one attached hydrogen (secondary N) is 1. The van der Waals surface area contributed by atoms with Gasteiger partial charge in [-0.15, -0.1) is 0 Å². The van der Waals surface area contributed by atoms with E-state index in [9.17, 15) is 4.79 Å². The van der Waals surface area contributed by atoms with Crippen LogP contribution in [0.25, 0.3) is 0 Å². The highest BCUT2D eigenvalue weighted by Crippen LogP contribution is 2.23. The van der Waals surface area contributed by atoms with Gasteiger partial charge in [0.15, 0.2) is 0 Å². The van der Waals surface area contributed by atoms with Gasteiger partial charge in [0.2, 0.25) is 5.91 Å². The molecule has 0 aliphatic carbocycles. The van der Waals surface area contributed by atoms with E-state index in [1.807, 2.05) is 56.6 Å². The molecule has 1 amide bonds. The molecule has 31 heavy (non-hydrogen) atoms. The predicted molar refractivity (Wildman–Crippen MR) is 126 cm³/mol. The molecule has 1 aliphatic heterocycles. The van der Waals surface area contributed by atoms with E-state index in [1.165, 1.54) is 5.56 Å². The van der Waals surface area contributed by atoms with Crippen LogP contribution in [0.4, 0.5) is 0 Å². The molecule has 1 heterocycles. The summed E-state index contributed by atoms with van der Waals surface area (Å²) in [6.07, 6.45) is 0. The number of halogens is 1. The maximum Gasteiger partial charge on any atom is 0.234 e. The van der Waals surface area contributed by atoms with Crippen molar-refractivity contribution in [2.24, 2.45) is 0 Å². The molecule has 0 saturated carbocycles. The van der Waals surface area contributed by atoms with E-state index in [0.717, 1.165) is 38.5 Å². The lowest BCUT2D eigenvalue weighted by Gasteiger charge is -2.34. The van der Waals surface area contributed by atoms with Gasteiger partial charge in [0.1, 0.15) is 12.4 Å².